The summed E-state index contributed by atoms with van der Waals surface area (Å²) in [5, 5.41) is 0.708. The number of rotatable bonds is 5. The Balaban J connectivity index is 2.29. The molecule has 5 nitrogen and oxygen atoms in total. The van der Waals surface area contributed by atoms with E-state index >= 15 is 0 Å². The largest absolute Gasteiger partial charge is 0.326 e. The van der Waals surface area contributed by atoms with Gasteiger partial charge in [-0.25, -0.2) is 22.5 Å². The average molecular weight is 350 g/mol. The number of aryl methyl sites for hydroxylation is 1. The SMILES string of the molecule is Cc1cnc(CNS(=O)(=O)c2cc(Cl)cc(CN)c2F)s1. The molecule has 0 unspecified atom stereocenters. The first-order chi connectivity index (χ1) is 9.83. The molecule has 0 saturated heterocycles. The molecular weight excluding hydrogens is 337 g/mol. The zero-order valence-electron chi connectivity index (χ0n) is 11.1. The second-order valence-electron chi connectivity index (χ2n) is 4.27. The minimum atomic E-state index is -4.03. The number of sulfonamides is 1. The number of hydrogen-bond donors (Lipinski definition) is 2. The van der Waals surface area contributed by atoms with Crippen LogP contribution < -0.4 is 10.5 Å². The van der Waals surface area contributed by atoms with Crippen LogP contribution in [0.3, 0.4) is 0 Å². The van der Waals surface area contributed by atoms with Gasteiger partial charge in [0, 0.05) is 28.2 Å². The maximum absolute atomic E-state index is 14.1. The highest BCUT2D eigenvalue weighted by atomic mass is 35.5. The van der Waals surface area contributed by atoms with Gasteiger partial charge in [0.15, 0.2) is 0 Å². The van der Waals surface area contributed by atoms with Crippen LogP contribution >= 0.6 is 22.9 Å². The Morgan fingerprint density at radius 2 is 2.19 bits per heavy atom. The first kappa shape index (κ1) is 16.3. The van der Waals surface area contributed by atoms with Crippen LogP contribution in [-0.2, 0) is 23.1 Å². The summed E-state index contributed by atoms with van der Waals surface area (Å²) in [6.45, 7) is 1.71. The van der Waals surface area contributed by atoms with Gasteiger partial charge in [-0.1, -0.05) is 11.6 Å². The number of aromatic nitrogens is 1. The summed E-state index contributed by atoms with van der Waals surface area (Å²) in [5.41, 5.74) is 5.43. The molecule has 114 valence electrons. The van der Waals surface area contributed by atoms with Crippen LogP contribution in [-0.4, -0.2) is 13.4 Å². The van der Waals surface area contributed by atoms with E-state index in [2.05, 4.69) is 9.71 Å². The first-order valence-corrected chi connectivity index (χ1v) is 8.60. The molecule has 0 amide bonds. The van der Waals surface area contributed by atoms with Crippen LogP contribution in [0.25, 0.3) is 0 Å². The molecule has 0 aliphatic rings. The molecule has 1 aromatic carbocycles. The van der Waals surface area contributed by atoms with Gasteiger partial charge in [-0.05, 0) is 19.1 Å². The minimum Gasteiger partial charge on any atom is -0.326 e. The van der Waals surface area contributed by atoms with Gasteiger partial charge in [0.05, 0.1) is 6.54 Å². The molecule has 0 radical (unpaired) electrons. The third kappa shape index (κ3) is 3.78. The van der Waals surface area contributed by atoms with Crippen molar-refractivity contribution in [3.05, 3.63) is 44.6 Å². The molecule has 1 heterocycles. The Morgan fingerprint density at radius 1 is 1.48 bits per heavy atom. The van der Waals surface area contributed by atoms with Gasteiger partial charge in [0.2, 0.25) is 10.0 Å². The van der Waals surface area contributed by atoms with E-state index in [0.717, 1.165) is 10.9 Å². The third-order valence-electron chi connectivity index (χ3n) is 2.67. The highest BCUT2D eigenvalue weighted by Crippen LogP contribution is 2.24. The molecule has 0 atom stereocenters. The lowest BCUT2D eigenvalue weighted by molar-refractivity contribution is 0.549. The summed E-state index contributed by atoms with van der Waals surface area (Å²) in [6.07, 6.45) is 1.64. The standard InChI is InChI=1S/C12H13ClFN3O2S2/c1-7-5-16-11(20-7)6-17-21(18,19)10-3-9(13)2-8(4-15)12(10)14/h2-3,5,17H,4,6,15H2,1H3. The molecular formula is C12H13ClFN3O2S2. The molecule has 2 rings (SSSR count). The Kier molecular flexibility index (Phi) is 4.95. The number of halogens is 2. The van der Waals surface area contributed by atoms with Crippen LogP contribution in [0.5, 0.6) is 0 Å². The number of benzene rings is 1. The molecule has 0 bridgehead atoms. The van der Waals surface area contributed by atoms with Gasteiger partial charge in [0.25, 0.3) is 0 Å². The summed E-state index contributed by atoms with van der Waals surface area (Å²) >= 11 is 7.16. The molecule has 2 aromatic rings. The summed E-state index contributed by atoms with van der Waals surface area (Å²) in [7, 11) is -4.03. The Labute approximate surface area is 131 Å². The molecule has 21 heavy (non-hydrogen) atoms. The van der Waals surface area contributed by atoms with Crippen molar-refractivity contribution in [1.29, 1.82) is 0 Å². The van der Waals surface area contributed by atoms with Crippen molar-refractivity contribution in [1.82, 2.24) is 9.71 Å². The zero-order chi connectivity index (χ0) is 15.6. The molecule has 0 aliphatic carbocycles. The number of thiazole rings is 1. The molecule has 0 saturated carbocycles. The number of nitrogens with one attached hydrogen (secondary N) is 1. The van der Waals surface area contributed by atoms with Gasteiger partial charge in [-0.2, -0.15) is 0 Å². The van der Waals surface area contributed by atoms with E-state index < -0.39 is 20.7 Å². The van der Waals surface area contributed by atoms with Crippen LogP contribution in [0.1, 0.15) is 15.4 Å². The highest BCUT2D eigenvalue weighted by molar-refractivity contribution is 7.89. The Morgan fingerprint density at radius 3 is 2.76 bits per heavy atom. The molecule has 0 aliphatic heterocycles. The molecule has 0 fully saturated rings. The van der Waals surface area contributed by atoms with E-state index in [0.29, 0.717) is 5.01 Å². The normalized spacial score (nSPS) is 11.8. The fourth-order valence-electron chi connectivity index (χ4n) is 1.68. The van der Waals surface area contributed by atoms with Crippen molar-refractivity contribution in [2.24, 2.45) is 5.73 Å². The smallest absolute Gasteiger partial charge is 0.243 e. The maximum Gasteiger partial charge on any atom is 0.243 e. The summed E-state index contributed by atoms with van der Waals surface area (Å²) in [6, 6.07) is 2.37. The molecule has 3 N–H and O–H groups in total. The number of hydrogen-bond acceptors (Lipinski definition) is 5. The fraction of sp³-hybridized carbons (Fsp3) is 0.250. The monoisotopic (exact) mass is 349 g/mol. The molecule has 1 aromatic heterocycles. The summed E-state index contributed by atoms with van der Waals surface area (Å²) < 4.78 is 40.8. The summed E-state index contributed by atoms with van der Waals surface area (Å²) in [4.78, 5) is 4.49. The van der Waals surface area contributed by atoms with Gasteiger partial charge in [-0.15, -0.1) is 11.3 Å². The van der Waals surface area contributed by atoms with Crippen molar-refractivity contribution >= 4 is 33.0 Å². The first-order valence-electron chi connectivity index (χ1n) is 5.92. The van der Waals surface area contributed by atoms with Crippen LogP contribution in [0.4, 0.5) is 4.39 Å². The summed E-state index contributed by atoms with van der Waals surface area (Å²) in [5.74, 6) is -0.885. The quantitative estimate of drug-likeness (QED) is 0.866. The molecule has 9 heteroatoms. The fourth-order valence-corrected chi connectivity index (χ4v) is 3.94. The van der Waals surface area contributed by atoms with Crippen molar-refractivity contribution in [3.63, 3.8) is 0 Å². The Hall–Kier alpha value is -1.06. The Bertz CT molecular complexity index is 762. The lowest BCUT2D eigenvalue weighted by Crippen LogP contribution is -2.24. The lowest BCUT2D eigenvalue weighted by atomic mass is 10.2. The average Bonchev–Trinajstić information content (AvgIpc) is 2.84. The van der Waals surface area contributed by atoms with Gasteiger partial charge in [-0.3, -0.25) is 0 Å². The van der Waals surface area contributed by atoms with E-state index in [1.807, 2.05) is 6.92 Å². The van der Waals surface area contributed by atoms with Gasteiger partial charge in [0.1, 0.15) is 15.7 Å². The second-order valence-corrected chi connectivity index (χ2v) is 7.76. The van der Waals surface area contributed by atoms with E-state index in [1.165, 1.54) is 17.4 Å². The van der Waals surface area contributed by atoms with Gasteiger partial charge >= 0.3 is 0 Å². The van der Waals surface area contributed by atoms with Crippen molar-refractivity contribution in [2.45, 2.75) is 24.9 Å². The van der Waals surface area contributed by atoms with Crippen molar-refractivity contribution in [2.75, 3.05) is 0 Å². The van der Waals surface area contributed by atoms with Gasteiger partial charge < -0.3 is 5.73 Å². The third-order valence-corrected chi connectivity index (χ3v) is 5.20. The van der Waals surface area contributed by atoms with Crippen LogP contribution in [0.15, 0.2) is 23.2 Å². The minimum absolute atomic E-state index is 0.00917. The van der Waals surface area contributed by atoms with E-state index in [1.54, 1.807) is 6.20 Å². The van der Waals surface area contributed by atoms with Crippen molar-refractivity contribution in [3.8, 4) is 0 Å². The number of nitrogens with zero attached hydrogens (tertiary/aromatic N) is 1. The maximum atomic E-state index is 14.1. The lowest BCUT2D eigenvalue weighted by Gasteiger charge is -2.10. The predicted molar refractivity (Wildman–Crippen MR) is 80.2 cm³/mol. The van der Waals surface area contributed by atoms with Crippen LogP contribution in [0, 0.1) is 12.7 Å². The highest BCUT2D eigenvalue weighted by Gasteiger charge is 2.22. The second kappa shape index (κ2) is 6.37. The zero-order valence-corrected chi connectivity index (χ0v) is 13.4. The van der Waals surface area contributed by atoms with E-state index in [4.69, 9.17) is 17.3 Å². The van der Waals surface area contributed by atoms with E-state index in [-0.39, 0.29) is 23.7 Å². The molecule has 0 spiro atoms. The predicted octanol–water partition coefficient (Wildman–Crippen LogP) is 2.18. The number of nitrogens with two attached hydrogens (primary N) is 1. The van der Waals surface area contributed by atoms with Crippen molar-refractivity contribution < 1.29 is 12.8 Å². The van der Waals surface area contributed by atoms with Crippen LogP contribution in [0.2, 0.25) is 5.02 Å². The topological polar surface area (TPSA) is 85.1 Å². The van der Waals surface area contributed by atoms with E-state index in [9.17, 15) is 12.8 Å².